The Kier molecular flexibility index (Phi) is 5.08. The first-order valence-electron chi connectivity index (χ1n) is 9.83. The van der Waals surface area contributed by atoms with Gasteiger partial charge >= 0.3 is 0 Å². The Labute approximate surface area is 169 Å². The lowest BCUT2D eigenvalue weighted by Gasteiger charge is -2.45. The summed E-state index contributed by atoms with van der Waals surface area (Å²) in [5, 5.41) is 0. The van der Waals surface area contributed by atoms with E-state index in [0.29, 0.717) is 38.3 Å². The van der Waals surface area contributed by atoms with Crippen molar-refractivity contribution in [2.45, 2.75) is 24.9 Å². The number of benzene rings is 1. The van der Waals surface area contributed by atoms with Crippen molar-refractivity contribution in [3.8, 4) is 11.5 Å². The number of carbonyl (C=O) groups is 1. The van der Waals surface area contributed by atoms with Gasteiger partial charge in [0.1, 0.15) is 5.56 Å². The maximum atomic E-state index is 12.9. The van der Waals surface area contributed by atoms with Gasteiger partial charge in [-0.3, -0.25) is 9.59 Å². The monoisotopic (exact) mass is 398 g/mol. The smallest absolute Gasteiger partial charge is 0.263 e. The molecule has 0 aliphatic carbocycles. The summed E-state index contributed by atoms with van der Waals surface area (Å²) < 4.78 is 18.7. The van der Waals surface area contributed by atoms with Crippen LogP contribution < -0.4 is 15.0 Å². The van der Waals surface area contributed by atoms with E-state index in [2.05, 4.69) is 0 Å². The molecule has 1 aromatic carbocycles. The van der Waals surface area contributed by atoms with E-state index in [4.69, 9.17) is 14.2 Å². The topological polar surface area (TPSA) is 70.0 Å². The third kappa shape index (κ3) is 3.29. The molecule has 2 aliphatic heterocycles. The molecule has 154 valence electrons. The summed E-state index contributed by atoms with van der Waals surface area (Å²) in [6, 6.07) is 7.36. The number of hydrogen-bond donors (Lipinski definition) is 0. The number of nitrogens with zero attached hydrogens (tertiary/aromatic N) is 2. The van der Waals surface area contributed by atoms with Crippen LogP contribution in [0.15, 0.2) is 35.3 Å². The molecule has 3 heterocycles. The summed E-state index contributed by atoms with van der Waals surface area (Å²) in [6.07, 6.45) is 3.82. The van der Waals surface area contributed by atoms with E-state index in [0.717, 1.165) is 17.7 Å². The van der Waals surface area contributed by atoms with Crippen molar-refractivity contribution in [1.29, 1.82) is 0 Å². The molecule has 1 spiro atoms. The highest BCUT2D eigenvalue weighted by molar-refractivity contribution is 5.93. The summed E-state index contributed by atoms with van der Waals surface area (Å²) >= 11 is 0. The number of hydrogen-bond acceptors (Lipinski definition) is 5. The molecule has 0 saturated carbocycles. The quantitative estimate of drug-likeness (QED) is 0.792. The number of amides is 1. The predicted molar refractivity (Wildman–Crippen MR) is 108 cm³/mol. The molecule has 2 aromatic rings. The van der Waals surface area contributed by atoms with E-state index in [-0.39, 0.29) is 17.0 Å². The minimum Gasteiger partial charge on any atom is -0.493 e. The fourth-order valence-corrected chi connectivity index (χ4v) is 4.40. The number of likely N-dealkylation sites (tertiary alicyclic amines) is 1. The molecule has 0 N–H and O–H groups in total. The fourth-order valence-electron chi connectivity index (χ4n) is 4.40. The van der Waals surface area contributed by atoms with Gasteiger partial charge in [-0.25, -0.2) is 0 Å². The van der Waals surface area contributed by atoms with Gasteiger partial charge in [-0.15, -0.1) is 0 Å². The van der Waals surface area contributed by atoms with E-state index in [1.54, 1.807) is 44.5 Å². The molecule has 1 fully saturated rings. The molecule has 0 unspecified atom stereocenters. The van der Waals surface area contributed by atoms with Crippen LogP contribution in [0.4, 0.5) is 0 Å². The van der Waals surface area contributed by atoms with Crippen LogP contribution in [0, 0.1) is 0 Å². The maximum Gasteiger partial charge on any atom is 0.263 e. The highest BCUT2D eigenvalue weighted by atomic mass is 16.5. The van der Waals surface area contributed by atoms with Gasteiger partial charge in [0, 0.05) is 26.3 Å². The molecular formula is C22H26N2O5. The van der Waals surface area contributed by atoms with Gasteiger partial charge in [0.05, 0.1) is 26.4 Å². The maximum absolute atomic E-state index is 12.9. The second-order valence-electron chi connectivity index (χ2n) is 7.59. The zero-order chi connectivity index (χ0) is 20.6. The number of pyridine rings is 1. The molecule has 7 nitrogen and oxygen atoms in total. The van der Waals surface area contributed by atoms with Gasteiger partial charge in [-0.05, 0) is 54.7 Å². The standard InChI is InChI=1S/C22H26N2O5/c1-23-9-4-5-16(20(23)25)21(26)24-10-7-22(8-11-24)17-14-19(28-3)18(27-2)13-15(17)6-12-29-22/h4-5,9,13-14H,6-8,10-12H2,1-3H3. The zero-order valence-corrected chi connectivity index (χ0v) is 17.1. The van der Waals surface area contributed by atoms with Gasteiger partial charge < -0.3 is 23.7 Å². The van der Waals surface area contributed by atoms with Gasteiger partial charge in [0.15, 0.2) is 11.5 Å². The summed E-state index contributed by atoms with van der Waals surface area (Å²) in [4.78, 5) is 27.0. The highest BCUT2D eigenvalue weighted by Crippen LogP contribution is 2.45. The molecular weight excluding hydrogens is 372 g/mol. The minimum atomic E-state index is -0.439. The van der Waals surface area contributed by atoms with Gasteiger partial charge in [-0.1, -0.05) is 0 Å². The summed E-state index contributed by atoms with van der Waals surface area (Å²) in [7, 11) is 4.91. The average Bonchev–Trinajstić information content (AvgIpc) is 2.75. The van der Waals surface area contributed by atoms with Crippen molar-refractivity contribution in [3.05, 3.63) is 57.5 Å². The second-order valence-corrected chi connectivity index (χ2v) is 7.59. The van der Waals surface area contributed by atoms with E-state index >= 15 is 0 Å². The van der Waals surface area contributed by atoms with Crippen LogP contribution in [0.1, 0.15) is 34.3 Å². The SMILES string of the molecule is COc1cc2c(cc1OC)C1(CCN(C(=O)c3cccn(C)c3=O)CC1)OCC2. The molecule has 1 aromatic heterocycles. The predicted octanol–water partition coefficient (Wildman–Crippen LogP) is 2.11. The van der Waals surface area contributed by atoms with E-state index in [1.807, 2.05) is 12.1 Å². The largest absolute Gasteiger partial charge is 0.493 e. The lowest BCUT2D eigenvalue weighted by Crippen LogP contribution is -2.49. The first-order chi connectivity index (χ1) is 14.0. The van der Waals surface area contributed by atoms with Crippen molar-refractivity contribution in [2.24, 2.45) is 7.05 Å². The molecule has 0 radical (unpaired) electrons. The normalized spacial score (nSPS) is 17.7. The number of methoxy groups -OCH3 is 2. The lowest BCUT2D eigenvalue weighted by molar-refractivity contribution is -0.0936. The number of aromatic nitrogens is 1. The summed E-state index contributed by atoms with van der Waals surface area (Å²) in [5.74, 6) is 1.18. The highest BCUT2D eigenvalue weighted by Gasteiger charge is 2.42. The van der Waals surface area contributed by atoms with Crippen molar-refractivity contribution in [3.63, 3.8) is 0 Å². The van der Waals surface area contributed by atoms with Gasteiger partial charge in [0.2, 0.25) is 0 Å². The number of carbonyl (C=O) groups excluding carboxylic acids is 1. The van der Waals surface area contributed by atoms with Crippen molar-refractivity contribution >= 4 is 5.91 Å². The molecule has 1 saturated heterocycles. The number of piperidine rings is 1. The number of fused-ring (bicyclic) bond motifs is 2. The van der Waals surface area contributed by atoms with Crippen molar-refractivity contribution in [2.75, 3.05) is 33.9 Å². The van der Waals surface area contributed by atoms with Crippen LogP contribution in [0.5, 0.6) is 11.5 Å². The molecule has 2 aliphatic rings. The zero-order valence-electron chi connectivity index (χ0n) is 17.1. The Morgan fingerprint density at radius 2 is 1.83 bits per heavy atom. The van der Waals surface area contributed by atoms with E-state index < -0.39 is 5.60 Å². The first-order valence-corrected chi connectivity index (χ1v) is 9.83. The van der Waals surface area contributed by atoms with Crippen molar-refractivity contribution < 1.29 is 19.0 Å². The van der Waals surface area contributed by atoms with Crippen LogP contribution in [0.25, 0.3) is 0 Å². The van der Waals surface area contributed by atoms with Crippen LogP contribution in [-0.2, 0) is 23.8 Å². The number of ether oxygens (including phenoxy) is 3. The number of aryl methyl sites for hydroxylation is 1. The summed E-state index contributed by atoms with van der Waals surface area (Å²) in [6.45, 7) is 1.70. The average molecular weight is 398 g/mol. The molecule has 4 rings (SSSR count). The molecule has 0 bridgehead atoms. The third-order valence-corrected chi connectivity index (χ3v) is 6.06. The Bertz CT molecular complexity index is 989. The lowest BCUT2D eigenvalue weighted by atomic mass is 9.79. The van der Waals surface area contributed by atoms with Gasteiger partial charge in [0.25, 0.3) is 11.5 Å². The Balaban J connectivity index is 1.59. The van der Waals surface area contributed by atoms with E-state index in [1.165, 1.54) is 10.1 Å². The van der Waals surface area contributed by atoms with Crippen LogP contribution in [0.3, 0.4) is 0 Å². The molecule has 7 heteroatoms. The Morgan fingerprint density at radius 1 is 1.14 bits per heavy atom. The molecule has 0 atom stereocenters. The fraction of sp³-hybridized carbons (Fsp3) is 0.455. The number of rotatable bonds is 3. The van der Waals surface area contributed by atoms with Crippen LogP contribution in [-0.4, -0.2) is 49.3 Å². The summed E-state index contributed by atoms with van der Waals surface area (Å²) in [5.41, 5.74) is 1.82. The minimum absolute atomic E-state index is 0.210. The molecule has 1 amide bonds. The van der Waals surface area contributed by atoms with Crippen LogP contribution in [0.2, 0.25) is 0 Å². The Hall–Kier alpha value is -2.80. The first kappa shape index (κ1) is 19.5. The Morgan fingerprint density at radius 3 is 2.52 bits per heavy atom. The second kappa shape index (κ2) is 7.55. The third-order valence-electron chi connectivity index (χ3n) is 6.06. The van der Waals surface area contributed by atoms with Crippen LogP contribution >= 0.6 is 0 Å². The van der Waals surface area contributed by atoms with E-state index in [9.17, 15) is 9.59 Å². The molecule has 29 heavy (non-hydrogen) atoms. The van der Waals surface area contributed by atoms with Gasteiger partial charge in [-0.2, -0.15) is 0 Å². The van der Waals surface area contributed by atoms with Crippen molar-refractivity contribution in [1.82, 2.24) is 9.47 Å².